The van der Waals surface area contributed by atoms with Gasteiger partial charge in [-0.1, -0.05) is 15.9 Å². The average molecular weight is 256 g/mol. The molecule has 44 valence electrons. The van der Waals surface area contributed by atoms with Gasteiger partial charge in [-0.3, -0.25) is 0 Å². The summed E-state index contributed by atoms with van der Waals surface area (Å²) in [4.78, 5) is 1.36. The molecule has 0 bridgehead atoms. The second-order valence-corrected chi connectivity index (χ2v) is 3.84. The van der Waals surface area contributed by atoms with Crippen LogP contribution in [0.25, 0.3) is 0 Å². The third kappa shape index (κ3) is 1.57. The third-order valence-electron chi connectivity index (χ3n) is 0.753. The molecule has 0 saturated heterocycles. The first kappa shape index (κ1) is 6.78. The third-order valence-corrected chi connectivity index (χ3v) is 3.43. The SMILES string of the molecule is BrCc1cc(Br)cs1. The van der Waals surface area contributed by atoms with Gasteiger partial charge < -0.3 is 0 Å². The second-order valence-electron chi connectivity index (χ2n) is 1.36. The lowest BCUT2D eigenvalue weighted by atomic mass is 10.5. The predicted octanol–water partition coefficient (Wildman–Crippen LogP) is 3.41. The standard InChI is InChI=1S/C5H4Br2S/c6-2-5-1-4(7)3-8-5/h1,3H,2H2. The first-order valence-electron chi connectivity index (χ1n) is 2.12. The Labute approximate surface area is 69.2 Å². The van der Waals surface area contributed by atoms with Crippen LogP contribution in [0.15, 0.2) is 15.9 Å². The summed E-state index contributed by atoms with van der Waals surface area (Å²) in [5, 5.41) is 3.04. The van der Waals surface area contributed by atoms with Crippen molar-refractivity contribution < 1.29 is 0 Å². The van der Waals surface area contributed by atoms with Gasteiger partial charge in [0.2, 0.25) is 0 Å². The van der Waals surface area contributed by atoms with Crippen LogP contribution in [-0.2, 0) is 5.33 Å². The number of rotatable bonds is 1. The van der Waals surface area contributed by atoms with Gasteiger partial charge in [0.25, 0.3) is 0 Å². The first-order valence-corrected chi connectivity index (χ1v) is 4.91. The molecular formula is C5H4Br2S. The minimum absolute atomic E-state index is 0.962. The van der Waals surface area contributed by atoms with E-state index in [-0.39, 0.29) is 0 Å². The van der Waals surface area contributed by atoms with E-state index in [0.717, 1.165) is 5.33 Å². The molecular weight excluding hydrogens is 252 g/mol. The maximum atomic E-state index is 3.36. The molecule has 0 atom stereocenters. The van der Waals surface area contributed by atoms with E-state index in [1.165, 1.54) is 9.35 Å². The maximum Gasteiger partial charge on any atom is 0.0377 e. The highest BCUT2D eigenvalue weighted by molar-refractivity contribution is 9.10. The van der Waals surface area contributed by atoms with E-state index in [9.17, 15) is 0 Å². The summed E-state index contributed by atoms with van der Waals surface area (Å²) in [7, 11) is 0. The van der Waals surface area contributed by atoms with E-state index in [2.05, 4.69) is 43.3 Å². The van der Waals surface area contributed by atoms with Crippen LogP contribution < -0.4 is 0 Å². The number of thiophene rings is 1. The smallest absolute Gasteiger partial charge is 0.0377 e. The lowest BCUT2D eigenvalue weighted by molar-refractivity contribution is 1.57. The van der Waals surface area contributed by atoms with E-state index in [0.29, 0.717) is 0 Å². The largest absolute Gasteiger partial charge is 0.147 e. The molecule has 3 heteroatoms. The molecule has 0 aliphatic heterocycles. The average Bonchev–Trinajstić information content (AvgIpc) is 2.14. The molecule has 8 heavy (non-hydrogen) atoms. The van der Waals surface area contributed by atoms with Crippen molar-refractivity contribution in [2.75, 3.05) is 0 Å². The second kappa shape index (κ2) is 2.99. The number of halogens is 2. The van der Waals surface area contributed by atoms with Crippen LogP contribution in [0.1, 0.15) is 4.88 Å². The molecule has 0 amide bonds. The van der Waals surface area contributed by atoms with Crippen molar-refractivity contribution >= 4 is 43.2 Å². The molecule has 0 radical (unpaired) electrons. The topological polar surface area (TPSA) is 0 Å². The molecule has 0 nitrogen and oxygen atoms in total. The normalized spacial score (nSPS) is 9.75. The molecule has 0 fully saturated rings. The van der Waals surface area contributed by atoms with Gasteiger partial charge in [0.1, 0.15) is 0 Å². The highest BCUT2D eigenvalue weighted by atomic mass is 79.9. The summed E-state index contributed by atoms with van der Waals surface area (Å²) in [5.74, 6) is 0. The number of hydrogen-bond acceptors (Lipinski definition) is 1. The van der Waals surface area contributed by atoms with Crippen molar-refractivity contribution in [3.05, 3.63) is 20.8 Å². The van der Waals surface area contributed by atoms with Crippen molar-refractivity contribution in [1.82, 2.24) is 0 Å². The highest BCUT2D eigenvalue weighted by Gasteiger charge is 1.91. The lowest BCUT2D eigenvalue weighted by Crippen LogP contribution is -1.59. The monoisotopic (exact) mass is 254 g/mol. The van der Waals surface area contributed by atoms with Crippen LogP contribution >= 0.6 is 43.2 Å². The van der Waals surface area contributed by atoms with Crippen LogP contribution in [0.2, 0.25) is 0 Å². The lowest BCUT2D eigenvalue weighted by Gasteiger charge is -1.77. The molecule has 1 aromatic rings. The van der Waals surface area contributed by atoms with Crippen LogP contribution in [0.4, 0.5) is 0 Å². The van der Waals surface area contributed by atoms with E-state index in [4.69, 9.17) is 0 Å². The van der Waals surface area contributed by atoms with Gasteiger partial charge in [0, 0.05) is 20.1 Å². The minimum atomic E-state index is 0.962. The van der Waals surface area contributed by atoms with Gasteiger partial charge >= 0.3 is 0 Å². The van der Waals surface area contributed by atoms with E-state index >= 15 is 0 Å². The fraction of sp³-hybridized carbons (Fsp3) is 0.200. The highest BCUT2D eigenvalue weighted by Crippen LogP contribution is 2.21. The molecule has 1 rings (SSSR count). The van der Waals surface area contributed by atoms with Crippen LogP contribution in [0, 0.1) is 0 Å². The molecule has 0 aromatic carbocycles. The van der Waals surface area contributed by atoms with Crippen molar-refractivity contribution in [3.63, 3.8) is 0 Å². The Hall–Kier alpha value is 0.660. The predicted molar refractivity (Wildman–Crippen MR) is 44.7 cm³/mol. The van der Waals surface area contributed by atoms with E-state index < -0.39 is 0 Å². The van der Waals surface area contributed by atoms with Gasteiger partial charge in [-0.25, -0.2) is 0 Å². The molecule has 0 N–H and O–H groups in total. The van der Waals surface area contributed by atoms with Gasteiger partial charge in [-0.15, -0.1) is 11.3 Å². The van der Waals surface area contributed by atoms with Crippen molar-refractivity contribution in [1.29, 1.82) is 0 Å². The molecule has 0 aliphatic carbocycles. The summed E-state index contributed by atoms with van der Waals surface area (Å²) in [6.45, 7) is 0. The summed E-state index contributed by atoms with van der Waals surface area (Å²) < 4.78 is 1.18. The van der Waals surface area contributed by atoms with Crippen molar-refractivity contribution in [3.8, 4) is 0 Å². The van der Waals surface area contributed by atoms with Crippen molar-refractivity contribution in [2.45, 2.75) is 5.33 Å². The van der Waals surface area contributed by atoms with Crippen LogP contribution in [0.5, 0.6) is 0 Å². The quantitative estimate of drug-likeness (QED) is 0.675. The Bertz CT molecular complexity index is 171. The van der Waals surface area contributed by atoms with E-state index in [1.807, 2.05) is 0 Å². The Morgan fingerprint density at radius 1 is 1.62 bits per heavy atom. The zero-order chi connectivity index (χ0) is 5.98. The van der Waals surface area contributed by atoms with Crippen molar-refractivity contribution in [2.24, 2.45) is 0 Å². The molecule has 0 aliphatic rings. The molecule has 0 spiro atoms. The Kier molecular flexibility index (Phi) is 2.53. The molecule has 0 saturated carbocycles. The van der Waals surface area contributed by atoms with Gasteiger partial charge in [0.05, 0.1) is 0 Å². The maximum absolute atomic E-state index is 3.36. The molecule has 0 unspecified atom stereocenters. The first-order chi connectivity index (χ1) is 3.83. The Morgan fingerprint density at radius 2 is 2.38 bits per heavy atom. The summed E-state index contributed by atoms with van der Waals surface area (Å²) in [6, 6.07) is 2.11. The Morgan fingerprint density at radius 3 is 2.62 bits per heavy atom. The van der Waals surface area contributed by atoms with Gasteiger partial charge in [-0.2, -0.15) is 0 Å². The van der Waals surface area contributed by atoms with E-state index in [1.54, 1.807) is 11.3 Å². The zero-order valence-corrected chi connectivity index (χ0v) is 8.01. The fourth-order valence-corrected chi connectivity index (χ4v) is 2.28. The Balaban J connectivity index is 2.84. The summed E-state index contributed by atoms with van der Waals surface area (Å²) >= 11 is 8.48. The van der Waals surface area contributed by atoms with Gasteiger partial charge in [-0.05, 0) is 22.0 Å². The van der Waals surface area contributed by atoms with Crippen LogP contribution in [-0.4, -0.2) is 0 Å². The van der Waals surface area contributed by atoms with Crippen LogP contribution in [0.3, 0.4) is 0 Å². The number of alkyl halides is 1. The fourth-order valence-electron chi connectivity index (χ4n) is 0.424. The molecule has 1 aromatic heterocycles. The summed E-state index contributed by atoms with van der Waals surface area (Å²) in [5.41, 5.74) is 0. The minimum Gasteiger partial charge on any atom is -0.147 e. The zero-order valence-electron chi connectivity index (χ0n) is 4.03. The summed E-state index contributed by atoms with van der Waals surface area (Å²) in [6.07, 6.45) is 0. The number of hydrogen-bond donors (Lipinski definition) is 0. The van der Waals surface area contributed by atoms with Gasteiger partial charge in [0.15, 0.2) is 0 Å². The molecule has 1 heterocycles.